The van der Waals surface area contributed by atoms with Crippen molar-refractivity contribution in [2.75, 3.05) is 13.1 Å². The number of nitrogens with zero attached hydrogens (tertiary/aromatic N) is 2. The highest BCUT2D eigenvalue weighted by molar-refractivity contribution is 5.76. The number of carbonyl (C=O) groups is 1. The van der Waals surface area contributed by atoms with Crippen LogP contribution in [0, 0.1) is 0 Å². The van der Waals surface area contributed by atoms with Crippen LogP contribution in [0.15, 0.2) is 24.4 Å². The molecule has 1 atom stereocenters. The van der Waals surface area contributed by atoms with E-state index in [2.05, 4.69) is 4.98 Å². The third-order valence-electron chi connectivity index (χ3n) is 3.54. The van der Waals surface area contributed by atoms with Crippen LogP contribution in [0.1, 0.15) is 31.4 Å². The molecule has 0 spiro atoms. The van der Waals surface area contributed by atoms with Crippen molar-refractivity contribution in [1.82, 2.24) is 9.88 Å². The second-order valence-corrected chi connectivity index (χ2v) is 4.79. The van der Waals surface area contributed by atoms with Crippen molar-refractivity contribution in [2.45, 2.75) is 38.1 Å². The predicted octanol–water partition coefficient (Wildman–Crippen LogP) is 1.35. The van der Waals surface area contributed by atoms with Gasteiger partial charge in [-0.2, -0.15) is 0 Å². The van der Waals surface area contributed by atoms with Gasteiger partial charge in [-0.15, -0.1) is 0 Å². The molecule has 0 saturated carbocycles. The highest BCUT2D eigenvalue weighted by atomic mass is 16.2. The summed E-state index contributed by atoms with van der Waals surface area (Å²) in [7, 11) is 0. The summed E-state index contributed by atoms with van der Waals surface area (Å²) in [4.78, 5) is 18.4. The number of piperidine rings is 1. The van der Waals surface area contributed by atoms with Crippen molar-refractivity contribution in [1.29, 1.82) is 0 Å². The van der Waals surface area contributed by atoms with Gasteiger partial charge in [0.25, 0.3) is 0 Å². The summed E-state index contributed by atoms with van der Waals surface area (Å²) in [5, 5.41) is 0. The molecule has 1 aliphatic rings. The average molecular weight is 247 g/mol. The molecule has 2 rings (SSSR count). The molecule has 1 amide bonds. The van der Waals surface area contributed by atoms with Gasteiger partial charge in [0.2, 0.25) is 5.91 Å². The molecule has 2 heterocycles. The molecule has 1 aromatic heterocycles. The molecule has 1 saturated heterocycles. The molecule has 1 aromatic rings. The lowest BCUT2D eigenvalue weighted by atomic mass is 10.0. The molecule has 0 radical (unpaired) electrons. The maximum Gasteiger partial charge on any atom is 0.223 e. The van der Waals surface area contributed by atoms with Crippen LogP contribution in [0.4, 0.5) is 0 Å². The first-order valence-electron chi connectivity index (χ1n) is 6.70. The van der Waals surface area contributed by atoms with E-state index < -0.39 is 0 Å². The maximum absolute atomic E-state index is 12.2. The van der Waals surface area contributed by atoms with Crippen molar-refractivity contribution < 1.29 is 4.79 Å². The number of aromatic nitrogens is 1. The zero-order valence-electron chi connectivity index (χ0n) is 10.7. The number of likely N-dealkylation sites (tertiary alicyclic amines) is 1. The predicted molar refractivity (Wildman–Crippen MR) is 71.0 cm³/mol. The first-order chi connectivity index (χ1) is 8.81. The summed E-state index contributed by atoms with van der Waals surface area (Å²) in [6, 6.07) is 6.05. The summed E-state index contributed by atoms with van der Waals surface area (Å²) in [5.41, 5.74) is 6.71. The number of hydrogen-bond donors (Lipinski definition) is 1. The Kier molecular flexibility index (Phi) is 4.70. The fourth-order valence-corrected chi connectivity index (χ4v) is 2.50. The van der Waals surface area contributed by atoms with Crippen molar-refractivity contribution in [3.05, 3.63) is 30.1 Å². The molecule has 98 valence electrons. The lowest BCUT2D eigenvalue weighted by Gasteiger charge is -2.35. The van der Waals surface area contributed by atoms with E-state index in [0.717, 1.165) is 25.1 Å². The SMILES string of the molecule is NC[C@H]1CCCCN1C(=O)CCc1ccccn1. The number of rotatable bonds is 4. The lowest BCUT2D eigenvalue weighted by Crippen LogP contribution is -2.47. The van der Waals surface area contributed by atoms with E-state index in [-0.39, 0.29) is 11.9 Å². The van der Waals surface area contributed by atoms with E-state index in [4.69, 9.17) is 5.73 Å². The quantitative estimate of drug-likeness (QED) is 0.873. The van der Waals surface area contributed by atoms with Crippen LogP contribution < -0.4 is 5.73 Å². The van der Waals surface area contributed by atoms with Gasteiger partial charge >= 0.3 is 0 Å². The Morgan fingerprint density at radius 2 is 2.33 bits per heavy atom. The van der Waals surface area contributed by atoms with E-state index in [1.54, 1.807) is 6.20 Å². The molecule has 0 bridgehead atoms. The smallest absolute Gasteiger partial charge is 0.223 e. The molecule has 1 aliphatic heterocycles. The first-order valence-corrected chi connectivity index (χ1v) is 6.70. The summed E-state index contributed by atoms with van der Waals surface area (Å²) in [6.07, 6.45) is 6.36. The first kappa shape index (κ1) is 13.0. The van der Waals surface area contributed by atoms with E-state index in [9.17, 15) is 4.79 Å². The van der Waals surface area contributed by atoms with Gasteiger partial charge in [0.05, 0.1) is 0 Å². The van der Waals surface area contributed by atoms with Crippen LogP contribution in [0.3, 0.4) is 0 Å². The Labute approximate surface area is 108 Å². The number of nitrogens with two attached hydrogens (primary N) is 1. The topological polar surface area (TPSA) is 59.2 Å². The van der Waals surface area contributed by atoms with Gasteiger partial charge in [0, 0.05) is 37.4 Å². The van der Waals surface area contributed by atoms with Gasteiger partial charge in [0.1, 0.15) is 0 Å². The third-order valence-corrected chi connectivity index (χ3v) is 3.54. The van der Waals surface area contributed by atoms with Crippen LogP contribution in [-0.2, 0) is 11.2 Å². The lowest BCUT2D eigenvalue weighted by molar-refractivity contribution is -0.134. The van der Waals surface area contributed by atoms with Crippen molar-refractivity contribution in [3.8, 4) is 0 Å². The molecule has 0 aromatic carbocycles. The Morgan fingerprint density at radius 1 is 1.44 bits per heavy atom. The molecule has 0 unspecified atom stereocenters. The van der Waals surface area contributed by atoms with Crippen LogP contribution in [0.5, 0.6) is 0 Å². The number of pyridine rings is 1. The largest absolute Gasteiger partial charge is 0.338 e. The van der Waals surface area contributed by atoms with Gasteiger partial charge in [-0.3, -0.25) is 9.78 Å². The Morgan fingerprint density at radius 3 is 3.06 bits per heavy atom. The molecule has 1 fully saturated rings. The van der Waals surface area contributed by atoms with Crippen molar-refractivity contribution in [2.24, 2.45) is 5.73 Å². The number of amides is 1. The number of carbonyl (C=O) groups excluding carboxylic acids is 1. The summed E-state index contributed by atoms with van der Waals surface area (Å²) in [5.74, 6) is 0.218. The summed E-state index contributed by atoms with van der Waals surface area (Å²) in [6.45, 7) is 1.44. The molecule has 18 heavy (non-hydrogen) atoms. The van der Waals surface area contributed by atoms with E-state index in [0.29, 0.717) is 19.4 Å². The summed E-state index contributed by atoms with van der Waals surface area (Å²) >= 11 is 0. The fourth-order valence-electron chi connectivity index (χ4n) is 2.50. The highest BCUT2D eigenvalue weighted by Gasteiger charge is 2.24. The third kappa shape index (κ3) is 3.29. The minimum Gasteiger partial charge on any atom is -0.338 e. The van der Waals surface area contributed by atoms with E-state index in [1.807, 2.05) is 23.1 Å². The fraction of sp³-hybridized carbons (Fsp3) is 0.571. The zero-order chi connectivity index (χ0) is 12.8. The normalized spacial score (nSPS) is 19.8. The van der Waals surface area contributed by atoms with Crippen LogP contribution >= 0.6 is 0 Å². The molecule has 4 nitrogen and oxygen atoms in total. The molecule has 2 N–H and O–H groups in total. The van der Waals surface area contributed by atoms with Gasteiger partial charge in [-0.1, -0.05) is 6.07 Å². The minimum absolute atomic E-state index is 0.218. The Balaban J connectivity index is 1.87. The molecule has 0 aliphatic carbocycles. The molecular weight excluding hydrogens is 226 g/mol. The molecule has 4 heteroatoms. The van der Waals surface area contributed by atoms with Gasteiger partial charge in [0.15, 0.2) is 0 Å². The zero-order valence-corrected chi connectivity index (χ0v) is 10.7. The Bertz CT molecular complexity index is 380. The number of aryl methyl sites for hydroxylation is 1. The second kappa shape index (κ2) is 6.50. The highest BCUT2D eigenvalue weighted by Crippen LogP contribution is 2.17. The van der Waals surface area contributed by atoms with Crippen LogP contribution in [-0.4, -0.2) is 34.9 Å². The van der Waals surface area contributed by atoms with Crippen molar-refractivity contribution >= 4 is 5.91 Å². The standard InChI is InChI=1S/C14H21N3O/c15-11-13-6-2-4-10-17(13)14(18)8-7-12-5-1-3-9-16-12/h1,3,5,9,13H,2,4,6-8,10-11,15H2/t13-/m1/s1. The maximum atomic E-state index is 12.2. The second-order valence-electron chi connectivity index (χ2n) is 4.79. The van der Waals surface area contributed by atoms with E-state index in [1.165, 1.54) is 6.42 Å². The monoisotopic (exact) mass is 247 g/mol. The van der Waals surface area contributed by atoms with E-state index >= 15 is 0 Å². The minimum atomic E-state index is 0.218. The molecular formula is C14H21N3O. The van der Waals surface area contributed by atoms with Gasteiger partial charge in [-0.25, -0.2) is 0 Å². The van der Waals surface area contributed by atoms with Crippen molar-refractivity contribution in [3.63, 3.8) is 0 Å². The average Bonchev–Trinajstić information content (AvgIpc) is 2.45. The number of hydrogen-bond acceptors (Lipinski definition) is 3. The van der Waals surface area contributed by atoms with Gasteiger partial charge in [-0.05, 0) is 37.8 Å². The van der Waals surface area contributed by atoms with Crippen LogP contribution in [0.2, 0.25) is 0 Å². The Hall–Kier alpha value is -1.42. The van der Waals surface area contributed by atoms with Gasteiger partial charge < -0.3 is 10.6 Å². The van der Waals surface area contributed by atoms with Crippen LogP contribution in [0.25, 0.3) is 0 Å². The summed E-state index contributed by atoms with van der Waals surface area (Å²) < 4.78 is 0.